The zero-order valence-electron chi connectivity index (χ0n) is 17.2. The Hall–Kier alpha value is -3.81. The number of carboxylic acids is 1. The molecule has 0 aliphatic heterocycles. The van der Waals surface area contributed by atoms with Crippen molar-refractivity contribution < 1.29 is 38.4 Å². The van der Waals surface area contributed by atoms with Gasteiger partial charge in [0.2, 0.25) is 0 Å². The van der Waals surface area contributed by atoms with E-state index in [2.05, 4.69) is 6.58 Å². The predicted molar refractivity (Wildman–Crippen MR) is 111 cm³/mol. The lowest BCUT2D eigenvalue weighted by atomic mass is 10.2. The van der Waals surface area contributed by atoms with Crippen LogP contribution in [0.2, 0.25) is 0 Å². The molecule has 0 fully saturated rings. The minimum atomic E-state index is -0.866. The first-order valence-corrected chi connectivity index (χ1v) is 9.57. The van der Waals surface area contributed by atoms with E-state index < -0.39 is 17.9 Å². The molecule has 8 heteroatoms. The van der Waals surface area contributed by atoms with Crippen LogP contribution in [0.15, 0.2) is 60.7 Å². The van der Waals surface area contributed by atoms with Gasteiger partial charge in [0.05, 0.1) is 12.2 Å². The van der Waals surface area contributed by atoms with Gasteiger partial charge in [0.25, 0.3) is 0 Å². The first-order chi connectivity index (χ1) is 14.8. The van der Waals surface area contributed by atoms with Gasteiger partial charge in [0, 0.05) is 12.0 Å². The Morgan fingerprint density at radius 2 is 1.39 bits per heavy atom. The molecule has 0 unspecified atom stereocenters. The summed E-state index contributed by atoms with van der Waals surface area (Å²) in [5.41, 5.74) is 0.663. The largest absolute Gasteiger partial charge is 0.494 e. The van der Waals surface area contributed by atoms with Gasteiger partial charge in [-0.25, -0.2) is 9.59 Å². The first-order valence-electron chi connectivity index (χ1n) is 9.57. The smallest absolute Gasteiger partial charge is 0.343 e. The third kappa shape index (κ3) is 8.61. The van der Waals surface area contributed by atoms with Gasteiger partial charge in [-0.15, -0.1) is 0 Å². The lowest BCUT2D eigenvalue weighted by Crippen LogP contribution is -2.12. The average molecular weight is 428 g/mol. The van der Waals surface area contributed by atoms with Crippen LogP contribution in [0.3, 0.4) is 0 Å². The number of carboxylic acid groups (broad SMARTS) is 1. The topological polar surface area (TPSA) is 108 Å². The highest BCUT2D eigenvalue weighted by molar-refractivity contribution is 5.91. The minimum Gasteiger partial charge on any atom is -0.494 e. The molecule has 8 nitrogen and oxygen atoms in total. The van der Waals surface area contributed by atoms with Crippen molar-refractivity contribution in [3.63, 3.8) is 0 Å². The first kappa shape index (κ1) is 23.5. The number of esters is 2. The quantitative estimate of drug-likeness (QED) is 0.236. The van der Waals surface area contributed by atoms with Crippen LogP contribution in [0, 0.1) is 0 Å². The van der Waals surface area contributed by atoms with Gasteiger partial charge in [-0.3, -0.25) is 4.79 Å². The Morgan fingerprint density at radius 1 is 0.839 bits per heavy atom. The van der Waals surface area contributed by atoms with E-state index in [9.17, 15) is 14.4 Å². The Bertz CT molecular complexity index is 900. The molecular formula is C23H24O8. The van der Waals surface area contributed by atoms with Crippen molar-refractivity contribution in [2.45, 2.75) is 19.8 Å². The van der Waals surface area contributed by atoms with E-state index in [4.69, 9.17) is 24.1 Å². The molecule has 0 radical (unpaired) electrons. The number of benzene rings is 2. The molecule has 0 saturated heterocycles. The van der Waals surface area contributed by atoms with Crippen molar-refractivity contribution in [1.82, 2.24) is 0 Å². The predicted octanol–water partition coefficient (Wildman–Crippen LogP) is 3.65. The van der Waals surface area contributed by atoms with Gasteiger partial charge in [-0.05, 0) is 61.9 Å². The van der Waals surface area contributed by atoms with E-state index in [1.165, 1.54) is 0 Å². The zero-order valence-corrected chi connectivity index (χ0v) is 17.2. The van der Waals surface area contributed by atoms with Crippen LogP contribution in [0.5, 0.6) is 17.2 Å². The van der Waals surface area contributed by atoms with Crippen molar-refractivity contribution in [3.8, 4) is 17.2 Å². The number of hydrogen-bond donors (Lipinski definition) is 1. The highest BCUT2D eigenvalue weighted by Gasteiger charge is 2.09. The summed E-state index contributed by atoms with van der Waals surface area (Å²) in [6, 6.07) is 12.8. The second kappa shape index (κ2) is 12.0. The lowest BCUT2D eigenvalue weighted by molar-refractivity contribution is -0.139. The molecule has 1 N–H and O–H groups in total. The summed E-state index contributed by atoms with van der Waals surface area (Å²) in [5, 5.41) is 8.59. The average Bonchev–Trinajstić information content (AvgIpc) is 2.75. The van der Waals surface area contributed by atoms with E-state index in [-0.39, 0.29) is 26.2 Å². The number of carbonyl (C=O) groups excluding carboxylic acids is 2. The van der Waals surface area contributed by atoms with Crippen LogP contribution >= 0.6 is 0 Å². The standard InChI is InChI=1S/C23H24O8/c1-16(2)22(26)30-15-14-29-18-7-5-17(6-8-18)23(27)31-20-11-9-19(10-12-20)28-13-3-4-21(24)25/h5-12H,1,3-4,13-15H2,2H3,(H,24,25). The monoisotopic (exact) mass is 428 g/mol. The van der Waals surface area contributed by atoms with Crippen LogP contribution in [-0.2, 0) is 14.3 Å². The Kier molecular flexibility index (Phi) is 9.10. The SMILES string of the molecule is C=C(C)C(=O)OCCOc1ccc(C(=O)Oc2ccc(OCCCC(=O)O)cc2)cc1. The molecule has 2 aromatic rings. The molecule has 0 heterocycles. The maximum atomic E-state index is 12.3. The third-order valence-corrected chi connectivity index (χ3v) is 3.86. The molecular weight excluding hydrogens is 404 g/mol. The summed E-state index contributed by atoms with van der Waals surface area (Å²) in [7, 11) is 0. The van der Waals surface area contributed by atoms with Crippen LogP contribution in [0.4, 0.5) is 0 Å². The second-order valence-electron chi connectivity index (χ2n) is 6.50. The van der Waals surface area contributed by atoms with Crippen LogP contribution in [0.25, 0.3) is 0 Å². The van der Waals surface area contributed by atoms with Gasteiger partial charge in [0.1, 0.15) is 30.5 Å². The molecule has 2 rings (SSSR count). The molecule has 164 valence electrons. The summed E-state index contributed by atoms with van der Waals surface area (Å²) in [6.07, 6.45) is 0.452. The molecule has 0 saturated carbocycles. The van der Waals surface area contributed by atoms with Crippen LogP contribution < -0.4 is 14.2 Å². The number of carbonyl (C=O) groups is 3. The lowest BCUT2D eigenvalue weighted by Gasteiger charge is -2.09. The zero-order chi connectivity index (χ0) is 22.6. The molecule has 31 heavy (non-hydrogen) atoms. The molecule has 0 aliphatic rings. The van der Waals surface area contributed by atoms with E-state index in [0.717, 1.165) is 0 Å². The molecule has 0 atom stereocenters. The molecule has 0 aromatic heterocycles. The molecule has 0 spiro atoms. The molecule has 2 aromatic carbocycles. The van der Waals surface area contributed by atoms with E-state index in [0.29, 0.717) is 34.8 Å². The number of rotatable bonds is 12. The fraction of sp³-hybridized carbons (Fsp3) is 0.261. The highest BCUT2D eigenvalue weighted by Crippen LogP contribution is 2.20. The maximum absolute atomic E-state index is 12.3. The van der Waals surface area contributed by atoms with Crippen molar-refractivity contribution in [1.29, 1.82) is 0 Å². The second-order valence-corrected chi connectivity index (χ2v) is 6.50. The Labute approximate surface area is 180 Å². The van der Waals surface area contributed by atoms with E-state index >= 15 is 0 Å². The van der Waals surface area contributed by atoms with Gasteiger partial charge in [-0.1, -0.05) is 6.58 Å². The van der Waals surface area contributed by atoms with Gasteiger partial charge in [0.15, 0.2) is 0 Å². The van der Waals surface area contributed by atoms with Gasteiger partial charge < -0.3 is 24.1 Å². The summed E-state index contributed by atoms with van der Waals surface area (Å²) in [4.78, 5) is 34.0. The minimum absolute atomic E-state index is 0.0436. The van der Waals surface area contributed by atoms with Crippen molar-refractivity contribution >= 4 is 17.9 Å². The molecule has 0 bridgehead atoms. The van der Waals surface area contributed by atoms with Crippen molar-refractivity contribution in [2.24, 2.45) is 0 Å². The summed E-state index contributed by atoms with van der Waals surface area (Å²) >= 11 is 0. The number of hydrogen-bond acceptors (Lipinski definition) is 7. The fourth-order valence-electron chi connectivity index (χ4n) is 2.29. The summed E-state index contributed by atoms with van der Waals surface area (Å²) in [5.74, 6) is -0.443. The molecule has 0 aliphatic carbocycles. The van der Waals surface area contributed by atoms with Crippen molar-refractivity contribution in [2.75, 3.05) is 19.8 Å². The fourth-order valence-corrected chi connectivity index (χ4v) is 2.29. The van der Waals surface area contributed by atoms with Crippen LogP contribution in [0.1, 0.15) is 30.1 Å². The van der Waals surface area contributed by atoms with Gasteiger partial charge >= 0.3 is 17.9 Å². The van der Waals surface area contributed by atoms with Crippen LogP contribution in [-0.4, -0.2) is 42.8 Å². The normalized spacial score (nSPS) is 10.1. The summed E-state index contributed by atoms with van der Waals surface area (Å²) in [6.45, 7) is 5.61. The summed E-state index contributed by atoms with van der Waals surface area (Å²) < 4.78 is 21.1. The highest BCUT2D eigenvalue weighted by atomic mass is 16.6. The van der Waals surface area contributed by atoms with E-state index in [1.807, 2.05) is 0 Å². The van der Waals surface area contributed by atoms with E-state index in [1.54, 1.807) is 55.5 Å². The third-order valence-electron chi connectivity index (χ3n) is 3.86. The van der Waals surface area contributed by atoms with Gasteiger partial charge in [-0.2, -0.15) is 0 Å². The van der Waals surface area contributed by atoms with Crippen molar-refractivity contribution in [3.05, 3.63) is 66.2 Å². The number of aliphatic carboxylic acids is 1. The number of ether oxygens (including phenoxy) is 4. The molecule has 0 amide bonds. The Balaban J connectivity index is 1.77. The Morgan fingerprint density at radius 3 is 1.97 bits per heavy atom. The maximum Gasteiger partial charge on any atom is 0.343 e.